The zero-order chi connectivity index (χ0) is 19.5. The lowest BCUT2D eigenvalue weighted by molar-refractivity contribution is 0.0926. The molecule has 5 heteroatoms. The van der Waals surface area contributed by atoms with Crippen LogP contribution in [0.25, 0.3) is 10.1 Å². The summed E-state index contributed by atoms with van der Waals surface area (Å²) in [6, 6.07) is 15.1. The summed E-state index contributed by atoms with van der Waals surface area (Å²) in [7, 11) is 0. The second-order valence-electron chi connectivity index (χ2n) is 7.46. The molecule has 1 heterocycles. The van der Waals surface area contributed by atoms with E-state index < -0.39 is 0 Å². The van der Waals surface area contributed by atoms with Crippen molar-refractivity contribution in [3.8, 4) is 0 Å². The maximum Gasteiger partial charge on any atom is 0.251 e. The number of amides is 1. The number of halogens is 1. The Bertz CT molecular complexity index is 958. The van der Waals surface area contributed by atoms with Crippen LogP contribution < -0.4 is 10.6 Å². The molecule has 0 saturated heterocycles. The van der Waals surface area contributed by atoms with Crippen LogP contribution in [0.5, 0.6) is 0 Å². The molecular formula is C23H25FN2OS. The first kappa shape index (κ1) is 18.9. The molecule has 0 radical (unpaired) electrons. The van der Waals surface area contributed by atoms with Gasteiger partial charge in [-0.3, -0.25) is 4.79 Å². The molecule has 2 N–H and O–H groups in total. The van der Waals surface area contributed by atoms with E-state index in [1.807, 2.05) is 11.3 Å². The van der Waals surface area contributed by atoms with Crippen molar-refractivity contribution >= 4 is 33.0 Å². The highest BCUT2D eigenvalue weighted by Gasteiger charge is 2.23. The zero-order valence-electron chi connectivity index (χ0n) is 16.0. The van der Waals surface area contributed by atoms with E-state index in [1.165, 1.54) is 44.9 Å². The van der Waals surface area contributed by atoms with Crippen molar-refractivity contribution in [1.82, 2.24) is 5.32 Å². The Labute approximate surface area is 169 Å². The summed E-state index contributed by atoms with van der Waals surface area (Å²) in [5.74, 6) is -0.443. The van der Waals surface area contributed by atoms with E-state index >= 15 is 0 Å². The van der Waals surface area contributed by atoms with E-state index in [1.54, 1.807) is 0 Å². The lowest BCUT2D eigenvalue weighted by Crippen LogP contribution is -2.40. The third-order valence-electron chi connectivity index (χ3n) is 5.49. The van der Waals surface area contributed by atoms with Gasteiger partial charge in [0.2, 0.25) is 0 Å². The summed E-state index contributed by atoms with van der Waals surface area (Å²) < 4.78 is 14.3. The molecule has 1 saturated carbocycles. The zero-order valence-corrected chi connectivity index (χ0v) is 16.8. The topological polar surface area (TPSA) is 41.1 Å². The molecule has 0 aliphatic heterocycles. The van der Waals surface area contributed by atoms with Gasteiger partial charge >= 0.3 is 0 Å². The Morgan fingerprint density at radius 1 is 1.07 bits per heavy atom. The molecule has 2 aromatic carbocycles. The Hall–Kier alpha value is -2.40. The van der Waals surface area contributed by atoms with E-state index in [9.17, 15) is 9.18 Å². The highest BCUT2D eigenvalue weighted by Crippen LogP contribution is 2.33. The van der Waals surface area contributed by atoms with Crippen molar-refractivity contribution in [3.05, 3.63) is 64.8 Å². The van der Waals surface area contributed by atoms with Crippen LogP contribution in [0.2, 0.25) is 0 Å². The monoisotopic (exact) mass is 396 g/mol. The molecular weight excluding hydrogens is 371 g/mol. The number of hydrogen-bond donors (Lipinski definition) is 2. The van der Waals surface area contributed by atoms with Crippen molar-refractivity contribution < 1.29 is 9.18 Å². The van der Waals surface area contributed by atoms with Crippen molar-refractivity contribution in [2.24, 2.45) is 0 Å². The quantitative estimate of drug-likeness (QED) is 0.576. The molecule has 1 fully saturated rings. The van der Waals surface area contributed by atoms with Crippen molar-refractivity contribution in [1.29, 1.82) is 0 Å². The normalized spacial score (nSPS) is 19.5. The van der Waals surface area contributed by atoms with Crippen LogP contribution in [0.1, 0.15) is 47.8 Å². The standard InChI is InChI=1S/C23H25FN2OS/c1-2-19-14-20-21(4-3-5-22(20)28-19)25-17-10-12-18(13-11-17)26-23(27)15-6-8-16(24)9-7-15/h3-9,14,17-18,25H,2,10-13H2,1H3,(H,26,27)/t17-,18+. The van der Waals surface area contributed by atoms with Crippen LogP contribution in [0.4, 0.5) is 10.1 Å². The van der Waals surface area contributed by atoms with Gasteiger partial charge in [-0.05, 0) is 74.6 Å². The van der Waals surface area contributed by atoms with Crippen LogP contribution >= 0.6 is 11.3 Å². The lowest BCUT2D eigenvalue weighted by Gasteiger charge is -2.30. The minimum atomic E-state index is -0.324. The van der Waals surface area contributed by atoms with Crippen molar-refractivity contribution in [3.63, 3.8) is 0 Å². The third-order valence-corrected chi connectivity index (χ3v) is 6.73. The van der Waals surface area contributed by atoms with Crippen LogP contribution in [-0.4, -0.2) is 18.0 Å². The average Bonchev–Trinajstić information content (AvgIpc) is 3.14. The number of carbonyl (C=O) groups excluding carboxylic acids is 1. The highest BCUT2D eigenvalue weighted by molar-refractivity contribution is 7.19. The minimum Gasteiger partial charge on any atom is -0.382 e. The van der Waals surface area contributed by atoms with Crippen LogP contribution in [0, 0.1) is 5.82 Å². The Morgan fingerprint density at radius 2 is 1.79 bits per heavy atom. The molecule has 0 atom stereocenters. The number of hydrogen-bond acceptors (Lipinski definition) is 3. The number of aryl methyl sites for hydroxylation is 1. The first-order valence-corrected chi connectivity index (χ1v) is 10.8. The molecule has 28 heavy (non-hydrogen) atoms. The summed E-state index contributed by atoms with van der Waals surface area (Å²) in [6.07, 6.45) is 5.01. The van der Waals surface area contributed by atoms with E-state index in [0.29, 0.717) is 11.6 Å². The molecule has 146 valence electrons. The smallest absolute Gasteiger partial charge is 0.251 e. The summed E-state index contributed by atoms with van der Waals surface area (Å²) in [4.78, 5) is 13.7. The summed E-state index contributed by atoms with van der Waals surface area (Å²) in [5.41, 5.74) is 1.73. The number of nitrogens with one attached hydrogen (secondary N) is 2. The van der Waals surface area contributed by atoms with Gasteiger partial charge < -0.3 is 10.6 Å². The fraction of sp³-hybridized carbons (Fsp3) is 0.348. The molecule has 1 aliphatic carbocycles. The summed E-state index contributed by atoms with van der Waals surface area (Å²) in [5, 5.41) is 8.13. The SMILES string of the molecule is CCc1cc2c(N[C@H]3CC[C@@H](NC(=O)c4ccc(F)cc4)CC3)cccc2s1. The van der Waals surface area contributed by atoms with Gasteiger partial charge in [0.15, 0.2) is 0 Å². The number of anilines is 1. The summed E-state index contributed by atoms with van der Waals surface area (Å²) in [6.45, 7) is 2.19. The predicted octanol–water partition coefficient (Wildman–Crippen LogP) is 5.76. The van der Waals surface area contributed by atoms with Crippen LogP contribution in [0.15, 0.2) is 48.5 Å². The van der Waals surface area contributed by atoms with Gasteiger partial charge in [0.25, 0.3) is 5.91 Å². The molecule has 0 spiro atoms. The minimum absolute atomic E-state index is 0.119. The largest absolute Gasteiger partial charge is 0.382 e. The number of rotatable bonds is 5. The van der Waals surface area contributed by atoms with Gasteiger partial charge in [0, 0.05) is 38.3 Å². The van der Waals surface area contributed by atoms with E-state index in [2.05, 4.69) is 41.8 Å². The molecule has 4 rings (SSSR count). The lowest BCUT2D eigenvalue weighted by atomic mass is 9.90. The molecule has 1 amide bonds. The third kappa shape index (κ3) is 4.20. The van der Waals surface area contributed by atoms with E-state index in [4.69, 9.17) is 0 Å². The van der Waals surface area contributed by atoms with Crippen LogP contribution in [-0.2, 0) is 6.42 Å². The Balaban J connectivity index is 1.34. The maximum absolute atomic E-state index is 13.0. The van der Waals surface area contributed by atoms with Gasteiger partial charge in [-0.2, -0.15) is 0 Å². The van der Waals surface area contributed by atoms with Gasteiger partial charge in [-0.1, -0.05) is 13.0 Å². The fourth-order valence-electron chi connectivity index (χ4n) is 3.89. The van der Waals surface area contributed by atoms with Gasteiger partial charge in [-0.25, -0.2) is 4.39 Å². The first-order valence-electron chi connectivity index (χ1n) is 9.97. The predicted molar refractivity (Wildman–Crippen MR) is 115 cm³/mol. The molecule has 1 aliphatic rings. The maximum atomic E-state index is 13.0. The van der Waals surface area contributed by atoms with E-state index in [0.717, 1.165) is 32.1 Å². The number of carbonyl (C=O) groups is 1. The van der Waals surface area contributed by atoms with Crippen molar-refractivity contribution in [2.75, 3.05) is 5.32 Å². The van der Waals surface area contributed by atoms with Gasteiger partial charge in [0.05, 0.1) is 0 Å². The molecule has 1 aromatic heterocycles. The van der Waals surface area contributed by atoms with Crippen LogP contribution in [0.3, 0.4) is 0 Å². The second kappa shape index (κ2) is 8.31. The molecule has 3 aromatic rings. The molecule has 3 nitrogen and oxygen atoms in total. The van der Waals surface area contributed by atoms with Crippen molar-refractivity contribution in [2.45, 2.75) is 51.1 Å². The first-order chi connectivity index (χ1) is 13.6. The fourth-order valence-corrected chi connectivity index (χ4v) is 4.91. The summed E-state index contributed by atoms with van der Waals surface area (Å²) >= 11 is 1.87. The average molecular weight is 397 g/mol. The van der Waals surface area contributed by atoms with Gasteiger partial charge in [-0.15, -0.1) is 11.3 Å². The van der Waals surface area contributed by atoms with E-state index in [-0.39, 0.29) is 17.8 Å². The number of fused-ring (bicyclic) bond motifs is 1. The number of thiophene rings is 1. The molecule has 0 bridgehead atoms. The van der Waals surface area contributed by atoms with Gasteiger partial charge in [0.1, 0.15) is 5.82 Å². The Kier molecular flexibility index (Phi) is 5.62. The highest BCUT2D eigenvalue weighted by atomic mass is 32.1. The molecule has 0 unspecified atom stereocenters. The second-order valence-corrected chi connectivity index (χ2v) is 8.63. The number of benzene rings is 2. The Morgan fingerprint density at radius 3 is 2.50 bits per heavy atom.